The highest BCUT2D eigenvalue weighted by Crippen LogP contribution is 2.28. The Bertz CT molecular complexity index is 372. The Hall–Kier alpha value is -0.520. The molecule has 0 radical (unpaired) electrons. The van der Waals surface area contributed by atoms with Crippen molar-refractivity contribution in [3.05, 3.63) is 22.4 Å². The van der Waals surface area contributed by atoms with Gasteiger partial charge in [0.1, 0.15) is 0 Å². The Morgan fingerprint density at radius 2 is 2.53 bits per heavy atom. The van der Waals surface area contributed by atoms with Crippen molar-refractivity contribution in [3.63, 3.8) is 0 Å². The van der Waals surface area contributed by atoms with Gasteiger partial charge in [0.25, 0.3) is 5.91 Å². The summed E-state index contributed by atoms with van der Waals surface area (Å²) in [5.41, 5.74) is -1.14. The van der Waals surface area contributed by atoms with Gasteiger partial charge in [0, 0.05) is 23.1 Å². The second-order valence-corrected chi connectivity index (χ2v) is 6.63. The van der Waals surface area contributed by atoms with Crippen LogP contribution >= 0.6 is 23.1 Å². The number of carbonyl (C=O) groups excluding carboxylic acids is 1. The highest BCUT2D eigenvalue weighted by molar-refractivity contribution is 7.99. The van der Waals surface area contributed by atoms with E-state index in [1.54, 1.807) is 23.1 Å². The molecule has 1 aromatic rings. The molecule has 1 saturated heterocycles. The Labute approximate surface area is 110 Å². The average Bonchev–Trinajstić information content (AvgIpc) is 2.90. The third-order valence-corrected chi connectivity index (χ3v) is 4.96. The lowest BCUT2D eigenvalue weighted by Gasteiger charge is -2.23. The van der Waals surface area contributed by atoms with Gasteiger partial charge in [0.2, 0.25) is 0 Å². The average molecular weight is 271 g/mol. The fraction of sp³-hybridized carbons (Fsp3) is 0.583. The standard InChI is InChI=1S/C12H17NO2S2/c1-9(7-10-3-2-5-17-10)13-11(14)12(15)4-6-16-8-12/h2-3,5,9,15H,4,6-8H2,1H3,(H,13,14). The molecule has 2 N–H and O–H groups in total. The van der Waals surface area contributed by atoms with Crippen molar-refractivity contribution in [1.29, 1.82) is 0 Å². The highest BCUT2D eigenvalue weighted by atomic mass is 32.2. The number of aliphatic hydroxyl groups is 1. The van der Waals surface area contributed by atoms with E-state index >= 15 is 0 Å². The molecule has 0 bridgehead atoms. The fourth-order valence-corrected chi connectivity index (χ4v) is 3.95. The molecule has 1 aromatic heterocycles. The first-order chi connectivity index (χ1) is 8.10. The van der Waals surface area contributed by atoms with Gasteiger partial charge < -0.3 is 10.4 Å². The Balaban J connectivity index is 1.86. The van der Waals surface area contributed by atoms with Crippen LogP contribution in [-0.2, 0) is 11.2 Å². The van der Waals surface area contributed by atoms with Gasteiger partial charge in [0.15, 0.2) is 5.60 Å². The lowest BCUT2D eigenvalue weighted by Crippen LogP contribution is -2.50. The Morgan fingerprint density at radius 3 is 3.12 bits per heavy atom. The largest absolute Gasteiger partial charge is 0.379 e. The number of rotatable bonds is 4. The van der Waals surface area contributed by atoms with Crippen LogP contribution in [-0.4, -0.2) is 34.2 Å². The predicted octanol–water partition coefficient (Wildman–Crippen LogP) is 1.66. The number of thioether (sulfide) groups is 1. The van der Waals surface area contributed by atoms with Crippen molar-refractivity contribution in [2.45, 2.75) is 31.4 Å². The first-order valence-electron chi connectivity index (χ1n) is 5.74. The van der Waals surface area contributed by atoms with E-state index < -0.39 is 5.60 Å². The van der Waals surface area contributed by atoms with Crippen LogP contribution in [0.2, 0.25) is 0 Å². The molecular weight excluding hydrogens is 254 g/mol. The van der Waals surface area contributed by atoms with Crippen LogP contribution in [0, 0.1) is 0 Å². The van der Waals surface area contributed by atoms with Crippen LogP contribution < -0.4 is 5.32 Å². The van der Waals surface area contributed by atoms with Crippen LogP contribution in [0.5, 0.6) is 0 Å². The van der Waals surface area contributed by atoms with Gasteiger partial charge in [-0.25, -0.2) is 0 Å². The summed E-state index contributed by atoms with van der Waals surface area (Å²) in [6.07, 6.45) is 1.39. The first kappa shape index (κ1) is 12.9. The zero-order valence-corrected chi connectivity index (χ0v) is 11.4. The monoisotopic (exact) mass is 271 g/mol. The van der Waals surface area contributed by atoms with E-state index in [9.17, 15) is 9.90 Å². The van der Waals surface area contributed by atoms with Crippen molar-refractivity contribution < 1.29 is 9.90 Å². The van der Waals surface area contributed by atoms with Gasteiger partial charge in [0.05, 0.1) is 0 Å². The normalized spacial score (nSPS) is 25.8. The highest BCUT2D eigenvalue weighted by Gasteiger charge is 2.39. The lowest BCUT2D eigenvalue weighted by atomic mass is 10.0. The van der Waals surface area contributed by atoms with Crippen molar-refractivity contribution in [2.75, 3.05) is 11.5 Å². The van der Waals surface area contributed by atoms with Crippen LogP contribution in [0.3, 0.4) is 0 Å². The molecule has 94 valence electrons. The summed E-state index contributed by atoms with van der Waals surface area (Å²) in [7, 11) is 0. The quantitative estimate of drug-likeness (QED) is 0.875. The van der Waals surface area contributed by atoms with E-state index in [2.05, 4.69) is 11.4 Å². The number of thiophene rings is 1. The minimum atomic E-state index is -1.14. The second kappa shape index (κ2) is 5.42. The molecule has 0 spiro atoms. The summed E-state index contributed by atoms with van der Waals surface area (Å²) in [6.45, 7) is 1.98. The number of carbonyl (C=O) groups is 1. The second-order valence-electron chi connectivity index (χ2n) is 4.49. The van der Waals surface area contributed by atoms with Crippen molar-refractivity contribution in [2.24, 2.45) is 0 Å². The van der Waals surface area contributed by atoms with Gasteiger partial charge in [-0.1, -0.05) is 6.07 Å². The number of hydrogen-bond acceptors (Lipinski definition) is 4. The van der Waals surface area contributed by atoms with Crippen molar-refractivity contribution >= 4 is 29.0 Å². The molecule has 17 heavy (non-hydrogen) atoms. The lowest BCUT2D eigenvalue weighted by molar-refractivity contribution is -0.137. The predicted molar refractivity (Wildman–Crippen MR) is 72.5 cm³/mol. The molecule has 2 unspecified atom stereocenters. The molecule has 0 saturated carbocycles. The molecule has 0 aliphatic carbocycles. The van der Waals surface area contributed by atoms with Crippen LogP contribution in [0.4, 0.5) is 0 Å². The number of amides is 1. The maximum absolute atomic E-state index is 11.9. The SMILES string of the molecule is CC(Cc1cccs1)NC(=O)C1(O)CCSC1. The van der Waals surface area contributed by atoms with Gasteiger partial charge in [-0.05, 0) is 30.5 Å². The van der Waals surface area contributed by atoms with Crippen molar-refractivity contribution in [3.8, 4) is 0 Å². The van der Waals surface area contributed by atoms with Gasteiger partial charge in [-0.2, -0.15) is 11.8 Å². The molecule has 1 fully saturated rings. The summed E-state index contributed by atoms with van der Waals surface area (Å²) in [6, 6.07) is 4.14. The first-order valence-corrected chi connectivity index (χ1v) is 7.77. The summed E-state index contributed by atoms with van der Waals surface area (Å²) in [5.74, 6) is 1.17. The third-order valence-electron chi connectivity index (χ3n) is 2.89. The molecule has 3 nitrogen and oxygen atoms in total. The molecule has 2 atom stereocenters. The molecule has 1 amide bonds. The van der Waals surface area contributed by atoms with Gasteiger partial charge in [-0.15, -0.1) is 11.3 Å². The Kier molecular flexibility index (Phi) is 4.12. The molecular formula is C12H17NO2S2. The summed E-state index contributed by atoms with van der Waals surface area (Å²) >= 11 is 3.32. The number of nitrogens with one attached hydrogen (secondary N) is 1. The van der Waals surface area contributed by atoms with E-state index in [4.69, 9.17) is 0 Å². The van der Waals surface area contributed by atoms with Crippen LogP contribution in [0.1, 0.15) is 18.2 Å². The summed E-state index contributed by atoms with van der Waals surface area (Å²) in [4.78, 5) is 13.2. The Morgan fingerprint density at radius 1 is 1.71 bits per heavy atom. The third kappa shape index (κ3) is 3.24. The van der Waals surface area contributed by atoms with E-state index in [1.807, 2.05) is 18.4 Å². The minimum Gasteiger partial charge on any atom is -0.379 e. The van der Waals surface area contributed by atoms with E-state index in [0.717, 1.165) is 12.2 Å². The molecule has 0 aromatic carbocycles. The van der Waals surface area contributed by atoms with Gasteiger partial charge in [-0.3, -0.25) is 4.79 Å². The number of hydrogen-bond donors (Lipinski definition) is 2. The topological polar surface area (TPSA) is 49.3 Å². The van der Waals surface area contributed by atoms with E-state index in [0.29, 0.717) is 12.2 Å². The van der Waals surface area contributed by atoms with Crippen LogP contribution in [0.25, 0.3) is 0 Å². The minimum absolute atomic E-state index is 0.0655. The van der Waals surface area contributed by atoms with E-state index in [1.165, 1.54) is 4.88 Å². The smallest absolute Gasteiger partial charge is 0.253 e. The van der Waals surface area contributed by atoms with Crippen LogP contribution in [0.15, 0.2) is 17.5 Å². The zero-order valence-electron chi connectivity index (χ0n) is 9.81. The zero-order chi connectivity index (χ0) is 12.3. The molecule has 1 aliphatic rings. The molecule has 5 heteroatoms. The van der Waals surface area contributed by atoms with Gasteiger partial charge >= 0.3 is 0 Å². The molecule has 1 aliphatic heterocycles. The van der Waals surface area contributed by atoms with Crippen molar-refractivity contribution in [1.82, 2.24) is 5.32 Å². The fourth-order valence-electron chi connectivity index (χ4n) is 1.87. The molecule has 2 heterocycles. The maximum atomic E-state index is 11.9. The summed E-state index contributed by atoms with van der Waals surface area (Å²) in [5, 5.41) is 15.0. The molecule has 2 rings (SSSR count). The van der Waals surface area contributed by atoms with E-state index in [-0.39, 0.29) is 11.9 Å². The maximum Gasteiger partial charge on any atom is 0.253 e. The summed E-state index contributed by atoms with van der Waals surface area (Å²) < 4.78 is 0.